The molecule has 0 radical (unpaired) electrons. The van der Waals surface area contributed by atoms with Crippen molar-refractivity contribution in [1.29, 1.82) is 0 Å². The lowest BCUT2D eigenvalue weighted by atomic mass is 9.81. The smallest absolute Gasteiger partial charge is 0.340 e. The van der Waals surface area contributed by atoms with E-state index in [0.717, 1.165) is 9.36 Å². The first-order chi connectivity index (χ1) is 17.5. The van der Waals surface area contributed by atoms with E-state index in [1.165, 1.54) is 0 Å². The summed E-state index contributed by atoms with van der Waals surface area (Å²) in [4.78, 5) is 54.5. The van der Waals surface area contributed by atoms with Crippen molar-refractivity contribution in [2.45, 2.75) is 66.5 Å². The maximum Gasteiger partial charge on any atom is 0.340 e. The molecule has 1 aromatic heterocycles. The third-order valence-electron chi connectivity index (χ3n) is 5.73. The fraction of sp³-hybridized carbons (Fsp3) is 0.520. The van der Waals surface area contributed by atoms with Crippen LogP contribution < -0.4 is 16.4 Å². The fourth-order valence-corrected chi connectivity index (χ4v) is 5.93. The number of nitrogens with one attached hydrogen (secondary N) is 1. The summed E-state index contributed by atoms with van der Waals surface area (Å²) in [6, 6.07) is -1.66. The Bertz CT molecular complexity index is 1480. The maximum absolute atomic E-state index is 14.0. The zero-order valence-corrected chi connectivity index (χ0v) is 25.1. The Balaban J connectivity index is 2.55. The number of rotatable bonds is 7. The molecule has 1 atom stereocenters. The molecule has 0 spiro atoms. The molecule has 2 heterocycles. The fourth-order valence-electron chi connectivity index (χ4n) is 4.92. The number of carbonyl (C=O) groups is 2. The molecule has 0 fully saturated rings. The quantitative estimate of drug-likeness (QED) is 0.254. The number of aromatic nitrogens is 2. The van der Waals surface area contributed by atoms with E-state index in [0.29, 0.717) is 6.42 Å². The van der Waals surface area contributed by atoms with Gasteiger partial charge in [-0.2, -0.15) is 4.68 Å². The van der Waals surface area contributed by atoms with Crippen LogP contribution in [0.1, 0.15) is 60.9 Å². The van der Waals surface area contributed by atoms with Crippen molar-refractivity contribution in [3.05, 3.63) is 46.4 Å². The molecule has 1 N–H and O–H groups in total. The molecule has 1 aliphatic rings. The molecule has 1 aromatic carbocycles. The van der Waals surface area contributed by atoms with Crippen LogP contribution in [-0.4, -0.2) is 40.1 Å². The number of hydrogen-bond donors (Lipinski definition) is 1. The summed E-state index contributed by atoms with van der Waals surface area (Å²) in [6.45, 7) is 12.9. The van der Waals surface area contributed by atoms with E-state index in [1.54, 1.807) is 13.8 Å². The largest absolute Gasteiger partial charge is 0.464 e. The minimum atomic E-state index is -1.66. The Morgan fingerprint density at radius 1 is 0.842 bits per heavy atom. The first-order valence-corrected chi connectivity index (χ1v) is 13.4. The second kappa shape index (κ2) is 10.8. The van der Waals surface area contributed by atoms with Crippen LogP contribution in [0.5, 0.6) is 0 Å². The summed E-state index contributed by atoms with van der Waals surface area (Å²) in [5.41, 5.74) is -2.94. The Labute approximate surface area is 239 Å². The monoisotopic (exact) mass is 607 g/mol. The number of nitrogens with zero attached hydrogens (tertiary/aromatic N) is 2. The van der Waals surface area contributed by atoms with Crippen LogP contribution in [-0.2, 0) is 19.1 Å². The molecule has 0 bridgehead atoms. The van der Waals surface area contributed by atoms with E-state index in [2.05, 4.69) is 5.32 Å². The van der Waals surface area contributed by atoms with Crippen LogP contribution in [0.4, 0.5) is 0 Å². The van der Waals surface area contributed by atoms with Gasteiger partial charge in [-0.3, -0.25) is 9.59 Å². The number of ether oxygens (including phenoxy) is 2. The van der Waals surface area contributed by atoms with Crippen molar-refractivity contribution in [2.24, 2.45) is 5.41 Å². The normalized spacial score (nSPS) is 15.6. The number of hydrogen-bond acceptors (Lipinski definition) is 7. The molecule has 2 aromatic rings. The van der Waals surface area contributed by atoms with Gasteiger partial charge >= 0.3 is 11.9 Å². The molecule has 0 amide bonds. The Morgan fingerprint density at radius 2 is 1.34 bits per heavy atom. The number of halogens is 4. The highest BCUT2D eigenvalue weighted by Crippen LogP contribution is 2.42. The summed E-state index contributed by atoms with van der Waals surface area (Å²) in [5, 5.41) is 1.50. The van der Waals surface area contributed by atoms with Crippen LogP contribution >= 0.6 is 46.4 Å². The molecule has 0 saturated heterocycles. The first-order valence-electron chi connectivity index (χ1n) is 11.9. The predicted octanol–water partition coefficient (Wildman–Crippen LogP) is 5.43. The van der Waals surface area contributed by atoms with Crippen molar-refractivity contribution >= 4 is 74.9 Å². The maximum atomic E-state index is 14.0. The zero-order chi connectivity index (χ0) is 28.9. The summed E-state index contributed by atoms with van der Waals surface area (Å²) < 4.78 is 12.2. The first kappa shape index (κ1) is 30.3. The molecule has 1 unspecified atom stereocenters. The van der Waals surface area contributed by atoms with Crippen molar-refractivity contribution in [3.8, 4) is 0 Å². The summed E-state index contributed by atoms with van der Waals surface area (Å²) in [5.74, 6) is -1.97. The van der Waals surface area contributed by atoms with Crippen molar-refractivity contribution in [3.63, 3.8) is 0 Å². The average molecular weight is 609 g/mol. The predicted molar refractivity (Wildman–Crippen MR) is 149 cm³/mol. The Hall–Kier alpha value is -2.20. The number of benzene rings is 1. The van der Waals surface area contributed by atoms with Crippen molar-refractivity contribution < 1.29 is 19.1 Å². The second-order valence-corrected chi connectivity index (χ2v) is 12.2. The lowest BCUT2D eigenvalue weighted by molar-refractivity contribution is -0.149. The van der Waals surface area contributed by atoms with E-state index in [1.807, 2.05) is 34.6 Å². The highest BCUT2D eigenvalue weighted by atomic mass is 35.5. The van der Waals surface area contributed by atoms with E-state index < -0.39 is 34.6 Å². The zero-order valence-electron chi connectivity index (χ0n) is 22.1. The summed E-state index contributed by atoms with van der Waals surface area (Å²) >= 11 is 25.2. The van der Waals surface area contributed by atoms with Gasteiger partial charge in [0, 0.05) is 5.54 Å². The van der Waals surface area contributed by atoms with Gasteiger partial charge < -0.3 is 14.8 Å². The van der Waals surface area contributed by atoms with Crippen LogP contribution in [0.3, 0.4) is 0 Å². The molecule has 208 valence electrons. The molecule has 38 heavy (non-hydrogen) atoms. The molecule has 1 aliphatic heterocycles. The highest BCUT2D eigenvalue weighted by molar-refractivity contribution is 6.55. The van der Waals surface area contributed by atoms with Gasteiger partial charge in [-0.1, -0.05) is 67.2 Å². The van der Waals surface area contributed by atoms with E-state index >= 15 is 0 Å². The molecule has 0 saturated carbocycles. The van der Waals surface area contributed by atoms with Gasteiger partial charge in [0.25, 0.3) is 11.1 Å². The third kappa shape index (κ3) is 5.30. The number of esters is 2. The highest BCUT2D eigenvalue weighted by Gasteiger charge is 2.46. The number of carbonyl (C=O) groups excluding carboxylic acids is 2. The van der Waals surface area contributed by atoms with E-state index in [-0.39, 0.29) is 60.9 Å². The topological polar surface area (TPSA) is 109 Å². The van der Waals surface area contributed by atoms with Crippen LogP contribution in [0.2, 0.25) is 20.1 Å². The van der Waals surface area contributed by atoms with Gasteiger partial charge in [0.05, 0.1) is 44.1 Å². The summed E-state index contributed by atoms with van der Waals surface area (Å²) in [6.07, 6.45) is 0.574. The molecule has 9 nitrogen and oxygen atoms in total. The Kier molecular flexibility index (Phi) is 8.59. The average Bonchev–Trinajstić information content (AvgIpc) is 3.12. The van der Waals surface area contributed by atoms with Crippen molar-refractivity contribution in [1.82, 2.24) is 14.7 Å². The van der Waals surface area contributed by atoms with Crippen molar-refractivity contribution in [2.75, 3.05) is 13.2 Å². The second-order valence-electron chi connectivity index (χ2n) is 10.7. The molecular formula is C25H29Cl4N3O6. The van der Waals surface area contributed by atoms with Gasteiger partial charge in [-0.25, -0.2) is 14.3 Å². The van der Waals surface area contributed by atoms with Gasteiger partial charge in [0.15, 0.2) is 6.04 Å². The summed E-state index contributed by atoms with van der Waals surface area (Å²) in [7, 11) is 0. The minimum Gasteiger partial charge on any atom is -0.464 e. The van der Waals surface area contributed by atoms with Gasteiger partial charge in [0.2, 0.25) is 0 Å². The van der Waals surface area contributed by atoms with Crippen LogP contribution in [0.15, 0.2) is 15.2 Å². The minimum absolute atomic E-state index is 0.0263. The lowest BCUT2D eigenvalue weighted by Gasteiger charge is -2.35. The number of fused-ring (bicyclic) bond motifs is 2. The Morgan fingerprint density at radius 3 is 1.82 bits per heavy atom. The standard InChI is InChI=1S/C25H29Cl4N3O6/c1-8-37-22(35)13-18(23(36)38-9-2)31-20(33)11-12(15(27)17(29)16(28)14(11)26)21(34)32(31)19(13)30-25(6,7)10-24(3,4)5/h18,30H,8-10H2,1-7H3. The van der Waals surface area contributed by atoms with Gasteiger partial charge in [-0.15, -0.1) is 0 Å². The SMILES string of the molecule is CCOC(=O)C1=C(NC(C)(C)CC(C)(C)C)n2c(=O)c3c(Cl)c(Cl)c(Cl)c(Cl)c3c(=O)n2C1C(=O)OCC. The van der Waals surface area contributed by atoms with Crippen LogP contribution in [0.25, 0.3) is 16.6 Å². The van der Waals surface area contributed by atoms with Gasteiger partial charge in [-0.05, 0) is 39.5 Å². The third-order valence-corrected chi connectivity index (χ3v) is 7.53. The van der Waals surface area contributed by atoms with E-state index in [9.17, 15) is 19.2 Å². The van der Waals surface area contributed by atoms with Crippen LogP contribution in [0, 0.1) is 5.41 Å². The molecule has 13 heteroatoms. The molecule has 0 aliphatic carbocycles. The van der Waals surface area contributed by atoms with Gasteiger partial charge in [0.1, 0.15) is 11.4 Å². The lowest BCUT2D eigenvalue weighted by Crippen LogP contribution is -2.46. The molecule has 3 rings (SSSR count). The van der Waals surface area contributed by atoms with E-state index in [4.69, 9.17) is 55.9 Å². The molecular weight excluding hydrogens is 580 g/mol.